The molecule has 2 heteroatoms. The number of nitrogens with zero attached hydrogens (tertiary/aromatic N) is 2. The van der Waals surface area contributed by atoms with Crippen molar-refractivity contribution in [3.63, 3.8) is 0 Å². The van der Waals surface area contributed by atoms with E-state index in [9.17, 15) is 0 Å². The Morgan fingerprint density at radius 1 is 0.339 bits per heavy atom. The third kappa shape index (κ3) is 4.56. The highest BCUT2D eigenvalue weighted by Gasteiger charge is 2.21. The summed E-state index contributed by atoms with van der Waals surface area (Å²) < 4.78 is 4.85. The predicted molar refractivity (Wildman–Crippen MR) is 238 cm³/mol. The molecule has 0 unspecified atom stereocenters. The van der Waals surface area contributed by atoms with E-state index in [2.05, 4.69) is 203 Å². The van der Waals surface area contributed by atoms with Crippen LogP contribution >= 0.6 is 0 Å². The van der Waals surface area contributed by atoms with Crippen LogP contribution in [0.4, 0.5) is 0 Å². The van der Waals surface area contributed by atoms with Crippen LogP contribution in [-0.4, -0.2) is 9.13 Å². The van der Waals surface area contributed by atoms with Gasteiger partial charge in [0, 0.05) is 33.2 Å². The molecule has 0 amide bonds. The lowest BCUT2D eigenvalue weighted by molar-refractivity contribution is 0.967. The third-order valence-electron chi connectivity index (χ3n) is 12.2. The third-order valence-corrected chi connectivity index (χ3v) is 12.2. The van der Waals surface area contributed by atoms with Gasteiger partial charge >= 0.3 is 0 Å². The minimum atomic E-state index is 1.07. The highest BCUT2D eigenvalue weighted by Crippen LogP contribution is 2.44. The Labute approximate surface area is 324 Å². The standard InChI is InChI=1S/C54H36N2/c1-3-15-37(16-4-1)55-52-26-14-12-24-44(52)50-31-35(28-30-53(50)55)46-33-48-42-22-10-8-20-40(42)47(34-49(48)41-21-9-7-19-39(41)46)36-27-29-45-43-23-11-13-25-51(43)56(54(45)32-36)38-17-5-2-6-18-38/h1-10,12-22,24-34H,11,23H2. The van der Waals surface area contributed by atoms with Crippen molar-refractivity contribution in [3.8, 4) is 33.6 Å². The lowest BCUT2D eigenvalue weighted by Gasteiger charge is -2.17. The van der Waals surface area contributed by atoms with Gasteiger partial charge in [0.15, 0.2) is 0 Å². The second kappa shape index (κ2) is 12.2. The minimum absolute atomic E-state index is 1.07. The van der Waals surface area contributed by atoms with E-state index >= 15 is 0 Å². The van der Waals surface area contributed by atoms with Gasteiger partial charge in [-0.25, -0.2) is 0 Å². The number of hydrogen-bond donors (Lipinski definition) is 0. The first-order valence-corrected chi connectivity index (χ1v) is 19.7. The summed E-state index contributed by atoms with van der Waals surface area (Å²) in [4.78, 5) is 0. The van der Waals surface area contributed by atoms with Crippen LogP contribution in [0.5, 0.6) is 0 Å². The normalized spacial score (nSPS) is 12.8. The summed E-state index contributed by atoms with van der Waals surface area (Å²) in [5.41, 5.74) is 13.8. The topological polar surface area (TPSA) is 9.86 Å². The maximum Gasteiger partial charge on any atom is 0.0543 e. The van der Waals surface area contributed by atoms with Gasteiger partial charge in [0.2, 0.25) is 0 Å². The fourth-order valence-corrected chi connectivity index (χ4v) is 9.68. The highest BCUT2D eigenvalue weighted by atomic mass is 15.0. The first-order chi connectivity index (χ1) is 27.8. The number of allylic oxidation sites excluding steroid dienone is 1. The molecule has 1 aliphatic carbocycles. The molecule has 0 fully saturated rings. The van der Waals surface area contributed by atoms with E-state index in [-0.39, 0.29) is 0 Å². The molecule has 0 spiro atoms. The van der Waals surface area contributed by atoms with Gasteiger partial charge in [-0.05, 0) is 140 Å². The van der Waals surface area contributed by atoms with Crippen molar-refractivity contribution in [3.05, 3.63) is 199 Å². The van der Waals surface area contributed by atoms with Crippen molar-refractivity contribution in [1.29, 1.82) is 0 Å². The Bertz CT molecular complexity index is 3400. The molecule has 0 atom stereocenters. The van der Waals surface area contributed by atoms with E-state index in [0.29, 0.717) is 0 Å². The monoisotopic (exact) mass is 712 g/mol. The number of rotatable bonds is 4. The summed E-state index contributed by atoms with van der Waals surface area (Å²) in [7, 11) is 0. The zero-order valence-electron chi connectivity index (χ0n) is 30.8. The Kier molecular flexibility index (Phi) is 6.79. The SMILES string of the molecule is C1=Cc2c(c3ccc(-c4cc5c6ccccc6c(-c6ccc7c(c6)c6ccccc6n7-c6ccccc6)cc5c5ccccc45)cc3n2-c2ccccc2)CC1. The summed E-state index contributed by atoms with van der Waals surface area (Å²) in [5.74, 6) is 0. The van der Waals surface area contributed by atoms with Crippen LogP contribution in [0.2, 0.25) is 0 Å². The largest absolute Gasteiger partial charge is 0.310 e. The van der Waals surface area contributed by atoms with E-state index in [0.717, 1.165) is 12.8 Å². The molecule has 262 valence electrons. The van der Waals surface area contributed by atoms with Gasteiger partial charge in [0.25, 0.3) is 0 Å². The lowest BCUT2D eigenvalue weighted by atomic mass is 9.87. The van der Waals surface area contributed by atoms with Gasteiger partial charge in [-0.1, -0.05) is 127 Å². The lowest BCUT2D eigenvalue weighted by Crippen LogP contribution is -1.99. The molecule has 0 aliphatic heterocycles. The fourth-order valence-electron chi connectivity index (χ4n) is 9.68. The van der Waals surface area contributed by atoms with E-state index in [1.54, 1.807) is 0 Å². The van der Waals surface area contributed by atoms with Crippen LogP contribution in [0.1, 0.15) is 17.7 Å². The Morgan fingerprint density at radius 3 is 1.55 bits per heavy atom. The molecule has 0 radical (unpaired) electrons. The number of aromatic nitrogens is 2. The first kappa shape index (κ1) is 31.2. The van der Waals surface area contributed by atoms with E-state index in [4.69, 9.17) is 0 Å². The minimum Gasteiger partial charge on any atom is -0.310 e. The Hall–Kier alpha value is -7.16. The molecule has 0 saturated carbocycles. The molecule has 9 aromatic carbocycles. The molecule has 11 aromatic rings. The molecule has 2 aromatic heterocycles. The van der Waals surface area contributed by atoms with Crippen molar-refractivity contribution in [2.75, 3.05) is 0 Å². The van der Waals surface area contributed by atoms with Gasteiger partial charge in [-0.15, -0.1) is 0 Å². The quantitative estimate of drug-likeness (QED) is 0.161. The Balaban J connectivity index is 1.10. The summed E-state index contributed by atoms with van der Waals surface area (Å²) in [6.07, 6.45) is 6.78. The number of hydrogen-bond acceptors (Lipinski definition) is 0. The molecule has 2 heterocycles. The number of para-hydroxylation sites is 3. The van der Waals surface area contributed by atoms with Crippen LogP contribution in [-0.2, 0) is 6.42 Å². The average Bonchev–Trinajstić information content (AvgIpc) is 3.78. The van der Waals surface area contributed by atoms with E-state index < -0.39 is 0 Å². The second-order valence-corrected chi connectivity index (χ2v) is 15.2. The smallest absolute Gasteiger partial charge is 0.0543 e. The number of benzene rings is 9. The first-order valence-electron chi connectivity index (χ1n) is 19.7. The van der Waals surface area contributed by atoms with Crippen molar-refractivity contribution in [2.45, 2.75) is 12.8 Å². The van der Waals surface area contributed by atoms with E-state index in [1.807, 2.05) is 0 Å². The van der Waals surface area contributed by atoms with Gasteiger partial charge in [0.1, 0.15) is 0 Å². The average molecular weight is 713 g/mol. The molecule has 0 bridgehead atoms. The Morgan fingerprint density at radius 2 is 0.875 bits per heavy atom. The molecule has 2 nitrogen and oxygen atoms in total. The van der Waals surface area contributed by atoms with Crippen molar-refractivity contribution in [1.82, 2.24) is 9.13 Å². The maximum atomic E-state index is 2.46. The summed E-state index contributed by atoms with van der Waals surface area (Å²) in [6.45, 7) is 0. The van der Waals surface area contributed by atoms with Crippen molar-refractivity contribution < 1.29 is 0 Å². The number of aryl methyl sites for hydroxylation is 1. The number of fused-ring (bicyclic) bond motifs is 11. The molecule has 56 heavy (non-hydrogen) atoms. The van der Waals surface area contributed by atoms with Crippen molar-refractivity contribution in [2.24, 2.45) is 0 Å². The van der Waals surface area contributed by atoms with Crippen molar-refractivity contribution >= 4 is 71.1 Å². The summed E-state index contributed by atoms with van der Waals surface area (Å²) in [5, 5.41) is 11.5. The molecule has 12 rings (SSSR count). The maximum absolute atomic E-state index is 2.46. The molecular formula is C54H36N2. The zero-order chi connectivity index (χ0) is 36.7. The van der Waals surface area contributed by atoms with Crippen LogP contribution in [0, 0.1) is 0 Å². The molecular weight excluding hydrogens is 677 g/mol. The summed E-state index contributed by atoms with van der Waals surface area (Å²) in [6, 6.07) is 67.4. The van der Waals surface area contributed by atoms with Crippen LogP contribution in [0.3, 0.4) is 0 Å². The van der Waals surface area contributed by atoms with Gasteiger partial charge < -0.3 is 9.13 Å². The van der Waals surface area contributed by atoms with E-state index in [1.165, 1.54) is 110 Å². The van der Waals surface area contributed by atoms with Crippen LogP contribution in [0.15, 0.2) is 188 Å². The molecule has 0 saturated heterocycles. The van der Waals surface area contributed by atoms with Gasteiger partial charge in [-0.3, -0.25) is 0 Å². The van der Waals surface area contributed by atoms with Crippen LogP contribution in [0.25, 0.3) is 105 Å². The second-order valence-electron chi connectivity index (χ2n) is 15.2. The fraction of sp³-hybridized carbons (Fsp3) is 0.0370. The van der Waals surface area contributed by atoms with Gasteiger partial charge in [0.05, 0.1) is 16.6 Å². The zero-order valence-corrected chi connectivity index (χ0v) is 30.8. The van der Waals surface area contributed by atoms with Crippen LogP contribution < -0.4 is 0 Å². The molecule has 0 N–H and O–H groups in total. The van der Waals surface area contributed by atoms with Gasteiger partial charge in [-0.2, -0.15) is 0 Å². The highest BCUT2D eigenvalue weighted by molar-refractivity contribution is 6.24. The predicted octanol–water partition coefficient (Wildman–Crippen LogP) is 14.5. The summed E-state index contributed by atoms with van der Waals surface area (Å²) >= 11 is 0. The molecule has 1 aliphatic rings.